The van der Waals surface area contributed by atoms with Crippen LogP contribution < -0.4 is 5.32 Å². The van der Waals surface area contributed by atoms with Gasteiger partial charge in [0.1, 0.15) is 5.69 Å². The van der Waals surface area contributed by atoms with Crippen molar-refractivity contribution in [3.05, 3.63) is 51.9 Å². The molecule has 0 atom stereocenters. The van der Waals surface area contributed by atoms with Gasteiger partial charge in [-0.15, -0.1) is 0 Å². The maximum absolute atomic E-state index is 10.9. The molecule has 1 heterocycles. The maximum atomic E-state index is 10.9. The number of rotatable bonds is 4. The van der Waals surface area contributed by atoms with E-state index in [2.05, 4.69) is 10.5 Å². The number of nitrogens with zero attached hydrogens (tertiary/aromatic N) is 2. The summed E-state index contributed by atoms with van der Waals surface area (Å²) >= 11 is 0. The number of benzene rings is 1. The first-order valence-electron chi connectivity index (χ1n) is 5.06. The molecule has 0 spiro atoms. The van der Waals surface area contributed by atoms with E-state index >= 15 is 0 Å². The number of anilines is 1. The van der Waals surface area contributed by atoms with E-state index in [1.165, 1.54) is 12.3 Å². The standard InChI is InChI=1S/C11H11N3O3/c1-8-3-2-4-10(14(15)16)11(8)12-7-9-5-6-13-17-9/h2-6,12H,7H2,1H3. The summed E-state index contributed by atoms with van der Waals surface area (Å²) in [6, 6.07) is 6.65. The van der Waals surface area contributed by atoms with E-state index in [9.17, 15) is 10.1 Å². The molecule has 1 aromatic heterocycles. The highest BCUT2D eigenvalue weighted by Gasteiger charge is 2.15. The molecule has 6 nitrogen and oxygen atoms in total. The van der Waals surface area contributed by atoms with Crippen LogP contribution in [0.15, 0.2) is 35.0 Å². The normalized spacial score (nSPS) is 10.2. The molecular formula is C11H11N3O3. The zero-order valence-electron chi connectivity index (χ0n) is 9.21. The molecule has 0 aliphatic rings. The summed E-state index contributed by atoms with van der Waals surface area (Å²) in [4.78, 5) is 10.5. The number of aromatic nitrogens is 1. The lowest BCUT2D eigenvalue weighted by atomic mass is 10.1. The number of hydrogen-bond donors (Lipinski definition) is 1. The highest BCUT2D eigenvalue weighted by molar-refractivity contribution is 5.65. The van der Waals surface area contributed by atoms with Gasteiger partial charge in [0, 0.05) is 12.1 Å². The van der Waals surface area contributed by atoms with Crippen LogP contribution >= 0.6 is 0 Å². The van der Waals surface area contributed by atoms with Crippen molar-refractivity contribution in [1.29, 1.82) is 0 Å². The SMILES string of the molecule is Cc1cccc([N+](=O)[O-])c1NCc1ccno1. The predicted molar refractivity (Wildman–Crippen MR) is 61.7 cm³/mol. The molecule has 0 radical (unpaired) electrons. The van der Waals surface area contributed by atoms with E-state index in [4.69, 9.17) is 4.52 Å². The number of nitro benzene ring substituents is 1. The molecule has 0 saturated carbocycles. The van der Waals surface area contributed by atoms with E-state index < -0.39 is 4.92 Å². The summed E-state index contributed by atoms with van der Waals surface area (Å²) in [6.07, 6.45) is 1.53. The Hall–Kier alpha value is -2.37. The molecule has 6 heteroatoms. The van der Waals surface area contributed by atoms with Crippen LogP contribution in [0.3, 0.4) is 0 Å². The maximum Gasteiger partial charge on any atom is 0.292 e. The number of nitro groups is 1. The molecule has 0 aliphatic heterocycles. The fraction of sp³-hybridized carbons (Fsp3) is 0.182. The zero-order valence-corrected chi connectivity index (χ0v) is 9.21. The Morgan fingerprint density at radius 1 is 1.47 bits per heavy atom. The van der Waals surface area contributed by atoms with E-state index in [0.717, 1.165) is 5.56 Å². The van der Waals surface area contributed by atoms with Crippen LogP contribution in [0.4, 0.5) is 11.4 Å². The highest BCUT2D eigenvalue weighted by atomic mass is 16.6. The van der Waals surface area contributed by atoms with Crippen molar-refractivity contribution in [2.75, 3.05) is 5.32 Å². The van der Waals surface area contributed by atoms with Crippen LogP contribution in [0.1, 0.15) is 11.3 Å². The number of nitrogens with one attached hydrogen (secondary N) is 1. The number of hydrogen-bond acceptors (Lipinski definition) is 5. The average Bonchev–Trinajstić information content (AvgIpc) is 2.80. The Morgan fingerprint density at radius 3 is 2.94 bits per heavy atom. The molecule has 0 aliphatic carbocycles. The van der Waals surface area contributed by atoms with Gasteiger partial charge in [0.05, 0.1) is 17.7 Å². The fourth-order valence-electron chi connectivity index (χ4n) is 1.54. The molecular weight excluding hydrogens is 222 g/mol. The molecule has 0 fully saturated rings. The monoisotopic (exact) mass is 233 g/mol. The second-order valence-electron chi connectivity index (χ2n) is 3.56. The van der Waals surface area contributed by atoms with E-state index in [-0.39, 0.29) is 5.69 Å². The number of para-hydroxylation sites is 1. The summed E-state index contributed by atoms with van der Waals surface area (Å²) in [5.41, 5.74) is 1.39. The molecule has 88 valence electrons. The molecule has 1 aromatic carbocycles. The minimum atomic E-state index is -0.407. The topological polar surface area (TPSA) is 81.2 Å². The first-order chi connectivity index (χ1) is 8.18. The van der Waals surface area contributed by atoms with Gasteiger partial charge < -0.3 is 9.84 Å². The fourth-order valence-corrected chi connectivity index (χ4v) is 1.54. The van der Waals surface area contributed by atoms with Gasteiger partial charge in [0.15, 0.2) is 5.76 Å². The van der Waals surface area contributed by atoms with Crippen molar-refractivity contribution in [3.63, 3.8) is 0 Å². The van der Waals surface area contributed by atoms with Crippen molar-refractivity contribution >= 4 is 11.4 Å². The van der Waals surface area contributed by atoms with Crippen molar-refractivity contribution in [3.8, 4) is 0 Å². The molecule has 0 bridgehead atoms. The quantitative estimate of drug-likeness (QED) is 0.648. The summed E-state index contributed by atoms with van der Waals surface area (Å²) < 4.78 is 4.91. The van der Waals surface area contributed by atoms with Crippen LogP contribution in [0, 0.1) is 17.0 Å². The van der Waals surface area contributed by atoms with Gasteiger partial charge in [-0.1, -0.05) is 17.3 Å². The van der Waals surface area contributed by atoms with Gasteiger partial charge in [-0.25, -0.2) is 0 Å². The third kappa shape index (κ3) is 2.41. The first kappa shape index (κ1) is 11.1. The lowest BCUT2D eigenvalue weighted by Crippen LogP contribution is -2.03. The first-order valence-corrected chi connectivity index (χ1v) is 5.06. The molecule has 17 heavy (non-hydrogen) atoms. The second-order valence-corrected chi connectivity index (χ2v) is 3.56. The van der Waals surface area contributed by atoms with E-state index in [1.807, 2.05) is 13.0 Å². The molecule has 2 rings (SSSR count). The smallest absolute Gasteiger partial charge is 0.292 e. The Bertz CT molecular complexity index is 523. The largest absolute Gasteiger partial charge is 0.372 e. The minimum Gasteiger partial charge on any atom is -0.372 e. The Kier molecular flexibility index (Phi) is 3.04. The molecule has 2 aromatic rings. The Balaban J connectivity index is 2.22. The van der Waals surface area contributed by atoms with Crippen molar-refractivity contribution < 1.29 is 9.45 Å². The highest BCUT2D eigenvalue weighted by Crippen LogP contribution is 2.27. The molecule has 1 N–H and O–H groups in total. The Labute approximate surface area is 97.4 Å². The second kappa shape index (κ2) is 4.65. The summed E-state index contributed by atoms with van der Waals surface area (Å²) in [7, 11) is 0. The van der Waals surface area contributed by atoms with Gasteiger partial charge in [0.2, 0.25) is 0 Å². The van der Waals surface area contributed by atoms with Gasteiger partial charge in [-0.2, -0.15) is 0 Å². The average molecular weight is 233 g/mol. The summed E-state index contributed by atoms with van der Waals surface area (Å²) in [5.74, 6) is 0.627. The van der Waals surface area contributed by atoms with Crippen LogP contribution in [-0.4, -0.2) is 10.1 Å². The van der Waals surface area contributed by atoms with Gasteiger partial charge in [-0.3, -0.25) is 10.1 Å². The van der Waals surface area contributed by atoms with Crippen molar-refractivity contribution in [2.24, 2.45) is 0 Å². The van der Waals surface area contributed by atoms with Crippen LogP contribution in [-0.2, 0) is 6.54 Å². The molecule has 0 saturated heterocycles. The third-order valence-electron chi connectivity index (χ3n) is 2.38. The van der Waals surface area contributed by atoms with Crippen molar-refractivity contribution in [2.45, 2.75) is 13.5 Å². The van der Waals surface area contributed by atoms with Gasteiger partial charge in [0.25, 0.3) is 5.69 Å². The van der Waals surface area contributed by atoms with Crippen molar-refractivity contribution in [1.82, 2.24) is 5.16 Å². The zero-order chi connectivity index (χ0) is 12.3. The van der Waals surface area contributed by atoms with E-state index in [1.54, 1.807) is 12.1 Å². The lowest BCUT2D eigenvalue weighted by molar-refractivity contribution is -0.384. The van der Waals surface area contributed by atoms with Crippen LogP contribution in [0.5, 0.6) is 0 Å². The van der Waals surface area contributed by atoms with E-state index in [0.29, 0.717) is 18.0 Å². The lowest BCUT2D eigenvalue weighted by Gasteiger charge is -2.07. The van der Waals surface area contributed by atoms with Gasteiger partial charge >= 0.3 is 0 Å². The van der Waals surface area contributed by atoms with Crippen LogP contribution in [0.25, 0.3) is 0 Å². The summed E-state index contributed by atoms with van der Waals surface area (Å²) in [5, 5.41) is 17.4. The van der Waals surface area contributed by atoms with Crippen LogP contribution in [0.2, 0.25) is 0 Å². The minimum absolute atomic E-state index is 0.0597. The Morgan fingerprint density at radius 2 is 2.29 bits per heavy atom. The predicted octanol–water partition coefficient (Wildman–Crippen LogP) is 2.50. The molecule has 0 amide bonds. The molecule has 0 unspecified atom stereocenters. The third-order valence-corrected chi connectivity index (χ3v) is 2.38. The summed E-state index contributed by atoms with van der Waals surface area (Å²) in [6.45, 7) is 2.18. The van der Waals surface area contributed by atoms with Gasteiger partial charge in [-0.05, 0) is 12.5 Å². The number of aryl methyl sites for hydroxylation is 1.